The van der Waals surface area contributed by atoms with E-state index < -0.39 is 5.41 Å². The van der Waals surface area contributed by atoms with Crippen LogP contribution in [0, 0.1) is 5.41 Å². The molecule has 0 radical (unpaired) electrons. The predicted molar refractivity (Wildman–Crippen MR) is 147 cm³/mol. The summed E-state index contributed by atoms with van der Waals surface area (Å²) in [6.45, 7) is 8.47. The fourth-order valence-electron chi connectivity index (χ4n) is 5.31. The van der Waals surface area contributed by atoms with Gasteiger partial charge in [0.05, 0.1) is 23.7 Å². The molecule has 188 valence electrons. The first-order chi connectivity index (χ1) is 17.4. The molecular formula is C30H32Cl2N2O2. The Morgan fingerprint density at radius 1 is 1.14 bits per heavy atom. The van der Waals surface area contributed by atoms with Crippen LogP contribution in [0.25, 0.3) is 0 Å². The molecule has 36 heavy (non-hydrogen) atoms. The quantitative estimate of drug-likeness (QED) is 0.268. The van der Waals surface area contributed by atoms with Crippen LogP contribution in [0.4, 0.5) is 0 Å². The van der Waals surface area contributed by atoms with E-state index >= 15 is 0 Å². The zero-order valence-electron chi connectivity index (χ0n) is 20.7. The first-order valence-electron chi connectivity index (χ1n) is 12.3. The molecule has 4 atom stereocenters. The maximum atomic E-state index is 14.3. The standard InChI is InChI=1S/C30H32Cl2N2O2/c1-4-15-30(3)18-27(22-8-6-9-24(32)17-22)28(21-11-13-23(31)14-12-21)34(29(30)35)25(5-2)20-36-26-10-7-16-33-19-26/h4,6-14,16-17,19,25,27-28H,1,5,15,18,20H2,2-3H3/t25?,27-,28-,30+/m1/s1. The largest absolute Gasteiger partial charge is 0.490 e. The van der Waals surface area contributed by atoms with Crippen molar-refractivity contribution in [3.05, 3.63) is 107 Å². The molecule has 4 rings (SSSR count). The van der Waals surface area contributed by atoms with E-state index in [0.29, 0.717) is 35.2 Å². The van der Waals surface area contributed by atoms with Crippen LogP contribution in [0.1, 0.15) is 56.2 Å². The Morgan fingerprint density at radius 2 is 1.92 bits per heavy atom. The molecule has 0 aliphatic carbocycles. The normalized spacial score (nSPS) is 22.8. The zero-order chi connectivity index (χ0) is 25.7. The third kappa shape index (κ3) is 5.61. The number of halogens is 2. The summed E-state index contributed by atoms with van der Waals surface area (Å²) in [5, 5.41) is 1.35. The minimum atomic E-state index is -0.598. The number of carbonyl (C=O) groups excluding carboxylic acids is 1. The van der Waals surface area contributed by atoms with Gasteiger partial charge in [-0.15, -0.1) is 6.58 Å². The minimum absolute atomic E-state index is 0.0277. The minimum Gasteiger partial charge on any atom is -0.490 e. The van der Waals surface area contributed by atoms with Crippen molar-refractivity contribution in [1.29, 1.82) is 0 Å². The average molecular weight is 524 g/mol. The van der Waals surface area contributed by atoms with Crippen LogP contribution >= 0.6 is 23.2 Å². The summed E-state index contributed by atoms with van der Waals surface area (Å²) in [6.07, 6.45) is 7.26. The number of hydrogen-bond acceptors (Lipinski definition) is 3. The van der Waals surface area contributed by atoms with E-state index in [0.717, 1.165) is 17.5 Å². The van der Waals surface area contributed by atoms with Crippen LogP contribution in [0.2, 0.25) is 10.0 Å². The van der Waals surface area contributed by atoms with Crippen molar-refractivity contribution in [2.75, 3.05) is 6.61 Å². The van der Waals surface area contributed by atoms with E-state index in [4.69, 9.17) is 27.9 Å². The van der Waals surface area contributed by atoms with Crippen LogP contribution in [0.3, 0.4) is 0 Å². The Morgan fingerprint density at radius 3 is 2.56 bits per heavy atom. The molecule has 1 saturated heterocycles. The van der Waals surface area contributed by atoms with Crippen molar-refractivity contribution in [2.45, 2.75) is 51.1 Å². The number of benzene rings is 2. The molecule has 1 aromatic heterocycles. The third-order valence-corrected chi connectivity index (χ3v) is 7.61. The van der Waals surface area contributed by atoms with E-state index in [-0.39, 0.29) is 23.9 Å². The number of hydrogen-bond donors (Lipinski definition) is 0. The van der Waals surface area contributed by atoms with E-state index in [2.05, 4.69) is 29.5 Å². The second kappa shape index (κ2) is 11.5. The highest BCUT2D eigenvalue weighted by atomic mass is 35.5. The van der Waals surface area contributed by atoms with Gasteiger partial charge in [-0.3, -0.25) is 9.78 Å². The Kier molecular flexibility index (Phi) is 8.38. The number of allylic oxidation sites excluding steroid dienone is 1. The van der Waals surface area contributed by atoms with Gasteiger partial charge in [-0.1, -0.05) is 67.4 Å². The van der Waals surface area contributed by atoms with Gasteiger partial charge in [0.25, 0.3) is 0 Å². The summed E-state index contributed by atoms with van der Waals surface area (Å²) in [5.74, 6) is 0.825. The van der Waals surface area contributed by atoms with Crippen LogP contribution in [0.5, 0.6) is 5.75 Å². The lowest BCUT2D eigenvalue weighted by atomic mass is 9.67. The molecular weight excluding hydrogens is 491 g/mol. The van der Waals surface area contributed by atoms with Gasteiger partial charge in [-0.25, -0.2) is 0 Å². The highest BCUT2D eigenvalue weighted by Gasteiger charge is 2.51. The van der Waals surface area contributed by atoms with Crippen molar-refractivity contribution >= 4 is 29.1 Å². The number of amides is 1. The molecule has 0 spiro atoms. The van der Waals surface area contributed by atoms with Crippen LogP contribution < -0.4 is 4.74 Å². The molecule has 3 aromatic rings. The number of pyridine rings is 1. The van der Waals surface area contributed by atoms with Gasteiger partial charge < -0.3 is 9.64 Å². The van der Waals surface area contributed by atoms with Crippen LogP contribution in [-0.4, -0.2) is 28.4 Å². The summed E-state index contributed by atoms with van der Waals surface area (Å²) in [5.41, 5.74) is 1.55. The smallest absolute Gasteiger partial charge is 0.229 e. The van der Waals surface area contributed by atoms with Gasteiger partial charge in [0.1, 0.15) is 12.4 Å². The SMILES string of the molecule is C=CC[C@@]1(C)C[C@H](c2cccc(Cl)c2)[C@@H](c2ccc(Cl)cc2)N(C(CC)COc2cccnc2)C1=O. The molecule has 1 aliphatic rings. The van der Waals surface area contributed by atoms with Gasteiger partial charge in [-0.2, -0.15) is 0 Å². The first-order valence-corrected chi connectivity index (χ1v) is 13.1. The Bertz CT molecular complexity index is 1190. The van der Waals surface area contributed by atoms with Gasteiger partial charge in [-0.05, 0) is 66.8 Å². The summed E-state index contributed by atoms with van der Waals surface area (Å²) >= 11 is 12.7. The summed E-state index contributed by atoms with van der Waals surface area (Å²) in [4.78, 5) is 20.5. The maximum absolute atomic E-state index is 14.3. The van der Waals surface area contributed by atoms with E-state index in [9.17, 15) is 4.79 Å². The number of ether oxygens (including phenoxy) is 1. The molecule has 6 heteroatoms. The highest BCUT2D eigenvalue weighted by Crippen LogP contribution is 2.52. The molecule has 0 N–H and O–H groups in total. The van der Waals surface area contributed by atoms with E-state index in [1.165, 1.54) is 0 Å². The highest BCUT2D eigenvalue weighted by molar-refractivity contribution is 6.30. The predicted octanol–water partition coefficient (Wildman–Crippen LogP) is 7.89. The molecule has 1 aliphatic heterocycles. The summed E-state index contributed by atoms with van der Waals surface area (Å²) in [6, 6.07) is 19.2. The molecule has 1 amide bonds. The van der Waals surface area contributed by atoms with Gasteiger partial charge in [0, 0.05) is 22.2 Å². The number of aromatic nitrogens is 1. The fourth-order valence-corrected chi connectivity index (χ4v) is 5.63. The summed E-state index contributed by atoms with van der Waals surface area (Å²) < 4.78 is 6.13. The van der Waals surface area contributed by atoms with Crippen molar-refractivity contribution in [3.63, 3.8) is 0 Å². The maximum Gasteiger partial charge on any atom is 0.229 e. The second-order valence-electron chi connectivity index (χ2n) is 9.69. The molecule has 2 aromatic carbocycles. The third-order valence-electron chi connectivity index (χ3n) is 7.13. The monoisotopic (exact) mass is 522 g/mol. The number of nitrogens with zero attached hydrogens (tertiary/aromatic N) is 2. The number of carbonyl (C=O) groups is 1. The van der Waals surface area contributed by atoms with Crippen LogP contribution in [0.15, 0.2) is 85.7 Å². The number of likely N-dealkylation sites (tertiary alicyclic amines) is 1. The van der Waals surface area contributed by atoms with E-state index in [1.54, 1.807) is 12.4 Å². The lowest BCUT2D eigenvalue weighted by Crippen LogP contribution is -2.56. The molecule has 1 unspecified atom stereocenters. The molecule has 1 fully saturated rings. The zero-order valence-corrected chi connectivity index (χ0v) is 22.3. The Labute approximate surface area is 223 Å². The van der Waals surface area contributed by atoms with Gasteiger partial charge in [0.15, 0.2) is 0 Å². The topological polar surface area (TPSA) is 42.4 Å². The lowest BCUT2D eigenvalue weighted by Gasteiger charge is -2.52. The first kappa shape index (κ1) is 26.2. The Hall–Kier alpha value is -2.82. The van der Waals surface area contributed by atoms with Gasteiger partial charge in [0.2, 0.25) is 5.91 Å². The summed E-state index contributed by atoms with van der Waals surface area (Å²) in [7, 11) is 0. The Balaban J connectivity index is 1.82. The van der Waals surface area contributed by atoms with E-state index in [1.807, 2.05) is 67.6 Å². The fraction of sp³-hybridized carbons (Fsp3) is 0.333. The number of rotatable bonds is 9. The van der Waals surface area contributed by atoms with Crippen molar-refractivity contribution in [3.8, 4) is 5.75 Å². The molecule has 0 bridgehead atoms. The second-order valence-corrected chi connectivity index (χ2v) is 10.6. The molecule has 4 nitrogen and oxygen atoms in total. The molecule has 0 saturated carbocycles. The van der Waals surface area contributed by atoms with Crippen molar-refractivity contribution in [2.24, 2.45) is 5.41 Å². The van der Waals surface area contributed by atoms with Crippen LogP contribution in [-0.2, 0) is 4.79 Å². The lowest BCUT2D eigenvalue weighted by molar-refractivity contribution is -0.155. The van der Waals surface area contributed by atoms with Crippen molar-refractivity contribution < 1.29 is 9.53 Å². The number of piperidine rings is 1. The van der Waals surface area contributed by atoms with Crippen molar-refractivity contribution in [1.82, 2.24) is 9.88 Å². The average Bonchev–Trinajstić information content (AvgIpc) is 2.88. The van der Waals surface area contributed by atoms with Gasteiger partial charge >= 0.3 is 0 Å². The molecule has 2 heterocycles.